The number of aryl methyl sites for hydroxylation is 1. The number of carbonyl (C=O) groups excluding carboxylic acids is 2. The van der Waals surface area contributed by atoms with E-state index in [2.05, 4.69) is 34.5 Å². The van der Waals surface area contributed by atoms with Crippen molar-refractivity contribution in [2.75, 3.05) is 5.32 Å². The van der Waals surface area contributed by atoms with Crippen LogP contribution in [-0.2, 0) is 16.1 Å². The molecule has 4 heterocycles. The van der Waals surface area contributed by atoms with E-state index in [0.29, 0.717) is 19.0 Å². The predicted octanol–water partition coefficient (Wildman–Crippen LogP) is 5.20. The second-order valence-corrected chi connectivity index (χ2v) is 10.2. The average molecular weight is 503 g/mol. The maximum absolute atomic E-state index is 13.2. The first-order valence-corrected chi connectivity index (χ1v) is 12.9. The number of rotatable bonds is 8. The zero-order chi connectivity index (χ0) is 25.4. The Morgan fingerprint density at radius 2 is 1.92 bits per heavy atom. The van der Waals surface area contributed by atoms with E-state index in [0.717, 1.165) is 66.7 Å². The SMILES string of the molecule is Cc1ccccc1-c1noc(C2CC2)c1COC1CC2CCC(C1)N2C(=O)Nc1ncccc1OC=O. The maximum Gasteiger partial charge on any atom is 0.323 e. The van der Waals surface area contributed by atoms with Crippen LogP contribution < -0.4 is 10.1 Å². The fourth-order valence-corrected chi connectivity index (χ4v) is 5.77. The molecule has 3 aliphatic rings. The van der Waals surface area contributed by atoms with Gasteiger partial charge in [0.05, 0.1) is 12.7 Å². The summed E-state index contributed by atoms with van der Waals surface area (Å²) in [5.41, 5.74) is 4.17. The third-order valence-corrected chi connectivity index (χ3v) is 7.73. The molecular formula is C28H30N4O5. The number of carbonyl (C=O) groups is 2. The van der Waals surface area contributed by atoms with Crippen LogP contribution in [0.4, 0.5) is 10.6 Å². The standard InChI is InChI=1S/C28H30N4O5/c1-17-5-2-3-6-22(17)25-23(26(37-31-25)18-8-9-18)15-35-21-13-19-10-11-20(14-21)32(19)28(34)30-27-24(36-16-33)7-4-12-29-27/h2-7,12,16,18-21H,8-11,13-15H2,1H3,(H,29,30,34). The molecule has 1 aromatic carbocycles. The molecule has 192 valence electrons. The molecular weight excluding hydrogens is 472 g/mol. The summed E-state index contributed by atoms with van der Waals surface area (Å²) in [7, 11) is 0. The number of ether oxygens (including phenoxy) is 2. The number of urea groups is 1. The number of pyridine rings is 1. The van der Waals surface area contributed by atoms with E-state index in [9.17, 15) is 9.59 Å². The molecule has 37 heavy (non-hydrogen) atoms. The number of benzene rings is 1. The fraction of sp³-hybridized carbons (Fsp3) is 0.429. The highest BCUT2D eigenvalue weighted by Crippen LogP contribution is 2.45. The second kappa shape index (κ2) is 9.97. The summed E-state index contributed by atoms with van der Waals surface area (Å²) in [6, 6.07) is 11.4. The molecule has 1 saturated carbocycles. The second-order valence-electron chi connectivity index (χ2n) is 10.2. The number of fused-ring (bicyclic) bond motifs is 2. The number of nitrogens with zero attached hydrogens (tertiary/aromatic N) is 3. The van der Waals surface area contributed by atoms with Crippen LogP contribution in [0.15, 0.2) is 47.1 Å². The molecule has 0 radical (unpaired) electrons. The average Bonchev–Trinajstić information content (AvgIpc) is 3.60. The van der Waals surface area contributed by atoms with E-state index in [4.69, 9.17) is 14.0 Å². The molecule has 3 fully saturated rings. The lowest BCUT2D eigenvalue weighted by molar-refractivity contribution is -0.120. The van der Waals surface area contributed by atoms with Crippen molar-refractivity contribution in [3.05, 3.63) is 59.5 Å². The van der Waals surface area contributed by atoms with Gasteiger partial charge in [-0.2, -0.15) is 0 Å². The first-order chi connectivity index (χ1) is 18.1. The predicted molar refractivity (Wildman–Crippen MR) is 135 cm³/mol. The molecule has 2 aliphatic heterocycles. The van der Waals surface area contributed by atoms with Crippen LogP contribution in [0.2, 0.25) is 0 Å². The molecule has 2 atom stereocenters. The fourth-order valence-electron chi connectivity index (χ4n) is 5.77. The highest BCUT2D eigenvalue weighted by atomic mass is 16.5. The Kier molecular flexibility index (Phi) is 6.38. The molecule has 0 spiro atoms. The van der Waals surface area contributed by atoms with Crippen LogP contribution in [0, 0.1) is 6.92 Å². The van der Waals surface area contributed by atoms with Crippen LogP contribution >= 0.6 is 0 Å². The molecule has 2 amide bonds. The zero-order valence-electron chi connectivity index (χ0n) is 20.8. The van der Waals surface area contributed by atoms with Crippen LogP contribution in [0.5, 0.6) is 5.75 Å². The summed E-state index contributed by atoms with van der Waals surface area (Å²) >= 11 is 0. The quantitative estimate of drug-likeness (QED) is 0.422. The van der Waals surface area contributed by atoms with Crippen molar-refractivity contribution in [3.8, 4) is 17.0 Å². The van der Waals surface area contributed by atoms with Gasteiger partial charge in [0.15, 0.2) is 11.6 Å². The number of amides is 2. The van der Waals surface area contributed by atoms with Crippen molar-refractivity contribution in [1.29, 1.82) is 0 Å². The number of nitrogens with one attached hydrogen (secondary N) is 1. The molecule has 1 N–H and O–H groups in total. The van der Waals surface area contributed by atoms with Crippen molar-refractivity contribution in [2.24, 2.45) is 0 Å². The van der Waals surface area contributed by atoms with Gasteiger partial charge in [-0.1, -0.05) is 29.4 Å². The minimum atomic E-state index is -0.225. The van der Waals surface area contributed by atoms with Gasteiger partial charge in [0, 0.05) is 35.3 Å². The summed E-state index contributed by atoms with van der Waals surface area (Å²) in [6.07, 6.45) is 7.28. The van der Waals surface area contributed by atoms with Crippen LogP contribution in [0.1, 0.15) is 61.3 Å². The lowest BCUT2D eigenvalue weighted by atomic mass is 9.99. The molecule has 2 aromatic heterocycles. The third kappa shape index (κ3) is 4.71. The maximum atomic E-state index is 13.2. The van der Waals surface area contributed by atoms with Gasteiger partial charge in [0.2, 0.25) is 0 Å². The van der Waals surface area contributed by atoms with Gasteiger partial charge in [-0.3, -0.25) is 10.1 Å². The van der Waals surface area contributed by atoms with Crippen molar-refractivity contribution < 1.29 is 23.6 Å². The van der Waals surface area contributed by atoms with Crippen LogP contribution in [-0.4, -0.2) is 45.7 Å². The Morgan fingerprint density at radius 3 is 2.65 bits per heavy atom. The van der Waals surface area contributed by atoms with Crippen molar-refractivity contribution in [3.63, 3.8) is 0 Å². The van der Waals surface area contributed by atoms with Crippen molar-refractivity contribution >= 4 is 18.3 Å². The molecule has 2 bridgehead atoms. The van der Waals surface area contributed by atoms with E-state index in [1.807, 2.05) is 17.0 Å². The molecule has 6 rings (SSSR count). The minimum absolute atomic E-state index is 0.0528. The topological polar surface area (TPSA) is 107 Å². The Balaban J connectivity index is 1.14. The smallest absolute Gasteiger partial charge is 0.323 e. The summed E-state index contributed by atoms with van der Waals surface area (Å²) < 4.78 is 17.3. The Morgan fingerprint density at radius 1 is 1.14 bits per heavy atom. The molecule has 2 unspecified atom stereocenters. The molecule has 3 aromatic rings. The van der Waals surface area contributed by atoms with Gasteiger partial charge in [0.25, 0.3) is 6.47 Å². The monoisotopic (exact) mass is 502 g/mol. The van der Waals surface area contributed by atoms with Gasteiger partial charge in [-0.05, 0) is 63.1 Å². The van der Waals surface area contributed by atoms with Crippen LogP contribution in [0.3, 0.4) is 0 Å². The van der Waals surface area contributed by atoms with E-state index < -0.39 is 0 Å². The first kappa shape index (κ1) is 23.7. The molecule has 1 aliphatic carbocycles. The number of aromatic nitrogens is 2. The summed E-state index contributed by atoms with van der Waals surface area (Å²) in [5.74, 6) is 1.86. The van der Waals surface area contributed by atoms with E-state index in [-0.39, 0.29) is 35.8 Å². The Labute approximate surface area is 215 Å². The van der Waals surface area contributed by atoms with Crippen molar-refractivity contribution in [2.45, 2.75) is 76.2 Å². The Bertz CT molecular complexity index is 1290. The first-order valence-electron chi connectivity index (χ1n) is 12.9. The summed E-state index contributed by atoms with van der Waals surface area (Å²) in [5, 5.41) is 7.28. The highest BCUT2D eigenvalue weighted by Gasteiger charge is 2.44. The van der Waals surface area contributed by atoms with E-state index in [1.165, 1.54) is 0 Å². The minimum Gasteiger partial charge on any atom is -0.425 e. The summed E-state index contributed by atoms with van der Waals surface area (Å²) in [4.78, 5) is 30.0. The number of hydrogen-bond acceptors (Lipinski definition) is 7. The number of piperidine rings is 1. The van der Waals surface area contributed by atoms with Gasteiger partial charge in [-0.15, -0.1) is 0 Å². The zero-order valence-corrected chi connectivity index (χ0v) is 20.8. The van der Waals surface area contributed by atoms with Crippen LogP contribution in [0.25, 0.3) is 11.3 Å². The molecule has 9 nitrogen and oxygen atoms in total. The van der Waals surface area contributed by atoms with E-state index >= 15 is 0 Å². The normalized spacial score (nSPS) is 22.6. The lowest BCUT2D eigenvalue weighted by Crippen LogP contribution is -2.50. The number of hydrogen-bond donors (Lipinski definition) is 1. The van der Waals surface area contributed by atoms with Gasteiger partial charge in [0.1, 0.15) is 11.5 Å². The largest absolute Gasteiger partial charge is 0.425 e. The lowest BCUT2D eigenvalue weighted by Gasteiger charge is -2.38. The number of anilines is 1. The van der Waals surface area contributed by atoms with Crippen molar-refractivity contribution in [1.82, 2.24) is 15.0 Å². The third-order valence-electron chi connectivity index (χ3n) is 7.73. The summed E-state index contributed by atoms with van der Waals surface area (Å²) in [6.45, 7) is 2.87. The molecule has 9 heteroatoms. The Hall–Kier alpha value is -3.72. The van der Waals surface area contributed by atoms with Gasteiger partial charge >= 0.3 is 6.03 Å². The van der Waals surface area contributed by atoms with E-state index in [1.54, 1.807) is 18.3 Å². The highest BCUT2D eigenvalue weighted by molar-refractivity contribution is 5.90. The van der Waals surface area contributed by atoms with Gasteiger partial charge in [-0.25, -0.2) is 9.78 Å². The molecule has 2 saturated heterocycles. The van der Waals surface area contributed by atoms with Gasteiger partial charge < -0.3 is 18.9 Å².